The maximum Gasteiger partial charge on any atom is 0.267 e. The van der Waals surface area contributed by atoms with Gasteiger partial charge >= 0.3 is 0 Å². The predicted octanol–water partition coefficient (Wildman–Crippen LogP) is 3.32. The van der Waals surface area contributed by atoms with Gasteiger partial charge in [0.1, 0.15) is 5.75 Å². The Bertz CT molecular complexity index is 862. The molecule has 26 heavy (non-hydrogen) atoms. The molecule has 2 aromatic carbocycles. The number of rotatable bonds is 4. The highest BCUT2D eigenvalue weighted by atomic mass is 16.5. The molecule has 1 N–H and O–H groups in total. The fraction of sp³-hybridized carbons (Fsp3) is 0.333. The topological polar surface area (TPSA) is 58.6 Å². The minimum atomic E-state index is -0.537. The first kappa shape index (κ1) is 16.6. The number of fused-ring (bicyclic) bond motifs is 2. The first-order valence-corrected chi connectivity index (χ1v) is 9.10. The lowest BCUT2D eigenvalue weighted by Crippen LogP contribution is -2.45. The molecule has 0 saturated heterocycles. The van der Waals surface area contributed by atoms with Crippen LogP contribution in [-0.2, 0) is 22.4 Å². The molecule has 0 spiro atoms. The minimum absolute atomic E-state index is 0.0904. The summed E-state index contributed by atoms with van der Waals surface area (Å²) in [5, 5.41) is 2.95. The molecule has 1 aliphatic carbocycles. The van der Waals surface area contributed by atoms with Crippen molar-refractivity contribution in [2.24, 2.45) is 0 Å². The Morgan fingerprint density at radius 3 is 2.88 bits per heavy atom. The second kappa shape index (κ2) is 6.83. The SMILES string of the molecule is CC1Oc2ccccc2N(CCC(=O)Nc2ccc3c(c2)CCC3)C1=O. The molecular weight excluding hydrogens is 328 g/mol. The quantitative estimate of drug-likeness (QED) is 0.920. The average molecular weight is 350 g/mol. The third-order valence-corrected chi connectivity index (χ3v) is 5.02. The maximum atomic E-state index is 12.5. The van der Waals surface area contributed by atoms with E-state index in [1.807, 2.05) is 30.3 Å². The van der Waals surface area contributed by atoms with Gasteiger partial charge in [0.25, 0.3) is 5.91 Å². The van der Waals surface area contributed by atoms with Crippen molar-refractivity contribution in [3.63, 3.8) is 0 Å². The third-order valence-electron chi connectivity index (χ3n) is 5.02. The molecule has 0 fully saturated rings. The number of carbonyl (C=O) groups excluding carboxylic acids is 2. The van der Waals surface area contributed by atoms with Gasteiger partial charge in [0.2, 0.25) is 5.91 Å². The van der Waals surface area contributed by atoms with Gasteiger partial charge in [-0.25, -0.2) is 0 Å². The van der Waals surface area contributed by atoms with Crippen LogP contribution in [0, 0.1) is 0 Å². The average Bonchev–Trinajstić information content (AvgIpc) is 3.10. The van der Waals surface area contributed by atoms with E-state index in [0.717, 1.165) is 24.2 Å². The van der Waals surface area contributed by atoms with Crippen LogP contribution in [0.25, 0.3) is 0 Å². The molecule has 1 atom stereocenters. The van der Waals surface area contributed by atoms with E-state index in [1.54, 1.807) is 11.8 Å². The van der Waals surface area contributed by atoms with Crippen molar-refractivity contribution in [2.75, 3.05) is 16.8 Å². The van der Waals surface area contributed by atoms with Gasteiger partial charge in [-0.1, -0.05) is 18.2 Å². The molecule has 5 heteroatoms. The number of hydrogen-bond acceptors (Lipinski definition) is 3. The molecule has 5 nitrogen and oxygen atoms in total. The lowest BCUT2D eigenvalue weighted by molar-refractivity contribution is -0.125. The molecule has 0 saturated carbocycles. The molecular formula is C21H22N2O3. The zero-order chi connectivity index (χ0) is 18.1. The van der Waals surface area contributed by atoms with Gasteiger partial charge in [-0.05, 0) is 61.6 Å². The Morgan fingerprint density at radius 2 is 2.00 bits per heavy atom. The van der Waals surface area contributed by atoms with Crippen LogP contribution in [0.4, 0.5) is 11.4 Å². The summed E-state index contributed by atoms with van der Waals surface area (Å²) in [6.45, 7) is 2.07. The number of ether oxygens (including phenoxy) is 1. The number of aryl methyl sites for hydroxylation is 2. The Hall–Kier alpha value is -2.82. The Morgan fingerprint density at radius 1 is 1.19 bits per heavy atom. The van der Waals surface area contributed by atoms with E-state index in [2.05, 4.69) is 17.4 Å². The molecule has 0 aromatic heterocycles. The van der Waals surface area contributed by atoms with Crippen molar-refractivity contribution in [1.29, 1.82) is 0 Å². The summed E-state index contributed by atoms with van der Waals surface area (Å²) >= 11 is 0. The van der Waals surface area contributed by atoms with Gasteiger partial charge in [-0.2, -0.15) is 0 Å². The van der Waals surface area contributed by atoms with E-state index in [0.29, 0.717) is 12.3 Å². The summed E-state index contributed by atoms with van der Waals surface area (Å²) in [5.74, 6) is 0.472. The molecule has 0 radical (unpaired) electrons. The summed E-state index contributed by atoms with van der Waals surface area (Å²) < 4.78 is 5.63. The van der Waals surface area contributed by atoms with Gasteiger partial charge < -0.3 is 15.0 Å². The standard InChI is InChI=1S/C21H22N2O3/c1-14-21(25)23(18-7-2-3-8-19(18)26-14)12-11-20(24)22-17-10-9-15-5-4-6-16(15)13-17/h2-3,7-10,13-14H,4-6,11-12H2,1H3,(H,22,24). The predicted molar refractivity (Wildman–Crippen MR) is 101 cm³/mol. The van der Waals surface area contributed by atoms with Crippen LogP contribution in [0.2, 0.25) is 0 Å². The molecule has 134 valence electrons. The first-order valence-electron chi connectivity index (χ1n) is 9.10. The van der Waals surface area contributed by atoms with Crippen LogP contribution in [-0.4, -0.2) is 24.5 Å². The van der Waals surface area contributed by atoms with E-state index in [-0.39, 0.29) is 18.2 Å². The van der Waals surface area contributed by atoms with Crippen molar-refractivity contribution in [3.8, 4) is 5.75 Å². The van der Waals surface area contributed by atoms with E-state index in [1.165, 1.54) is 17.5 Å². The van der Waals surface area contributed by atoms with Crippen molar-refractivity contribution < 1.29 is 14.3 Å². The van der Waals surface area contributed by atoms with E-state index in [9.17, 15) is 9.59 Å². The van der Waals surface area contributed by atoms with Crippen LogP contribution in [0.15, 0.2) is 42.5 Å². The lowest BCUT2D eigenvalue weighted by Gasteiger charge is -2.32. The summed E-state index contributed by atoms with van der Waals surface area (Å²) in [7, 11) is 0. The number of hydrogen-bond donors (Lipinski definition) is 1. The van der Waals surface area contributed by atoms with Gasteiger partial charge in [-0.3, -0.25) is 9.59 Å². The molecule has 1 unspecified atom stereocenters. The summed E-state index contributed by atoms with van der Waals surface area (Å²) in [5.41, 5.74) is 4.26. The number of nitrogens with one attached hydrogen (secondary N) is 1. The number of benzene rings is 2. The van der Waals surface area contributed by atoms with Crippen LogP contribution in [0.3, 0.4) is 0 Å². The number of carbonyl (C=O) groups is 2. The first-order chi connectivity index (χ1) is 12.6. The monoisotopic (exact) mass is 350 g/mol. The zero-order valence-corrected chi connectivity index (χ0v) is 14.8. The highest BCUT2D eigenvalue weighted by Gasteiger charge is 2.31. The second-order valence-electron chi connectivity index (χ2n) is 6.85. The fourth-order valence-corrected chi connectivity index (χ4v) is 3.68. The van der Waals surface area contributed by atoms with Gasteiger partial charge in [0.05, 0.1) is 5.69 Å². The molecule has 0 bridgehead atoms. The highest BCUT2D eigenvalue weighted by Crippen LogP contribution is 2.33. The summed E-state index contributed by atoms with van der Waals surface area (Å²) in [6.07, 6.45) is 3.09. The van der Waals surface area contributed by atoms with E-state index >= 15 is 0 Å². The smallest absolute Gasteiger partial charge is 0.267 e. The van der Waals surface area contributed by atoms with Crippen molar-refractivity contribution in [3.05, 3.63) is 53.6 Å². The van der Waals surface area contributed by atoms with Crippen LogP contribution >= 0.6 is 0 Å². The van der Waals surface area contributed by atoms with Gasteiger partial charge in [-0.15, -0.1) is 0 Å². The minimum Gasteiger partial charge on any atom is -0.479 e. The molecule has 4 rings (SSSR count). The third kappa shape index (κ3) is 3.17. The molecule has 2 aromatic rings. The van der Waals surface area contributed by atoms with Crippen molar-refractivity contribution in [2.45, 2.75) is 38.7 Å². The number of anilines is 2. The lowest BCUT2D eigenvalue weighted by atomic mass is 10.1. The van der Waals surface area contributed by atoms with Crippen LogP contribution in [0.5, 0.6) is 5.75 Å². The van der Waals surface area contributed by atoms with Gasteiger partial charge in [0.15, 0.2) is 6.10 Å². The summed E-state index contributed by atoms with van der Waals surface area (Å²) in [4.78, 5) is 26.5. The Balaban J connectivity index is 1.42. The summed E-state index contributed by atoms with van der Waals surface area (Å²) in [6, 6.07) is 13.6. The number of nitrogens with zero attached hydrogens (tertiary/aromatic N) is 1. The highest BCUT2D eigenvalue weighted by molar-refractivity contribution is 6.00. The largest absolute Gasteiger partial charge is 0.479 e. The molecule has 2 amide bonds. The zero-order valence-electron chi connectivity index (χ0n) is 14.8. The van der Waals surface area contributed by atoms with E-state index < -0.39 is 6.10 Å². The number of para-hydroxylation sites is 2. The Labute approximate surface area is 153 Å². The van der Waals surface area contributed by atoms with Crippen LogP contribution < -0.4 is 15.0 Å². The molecule has 1 heterocycles. The van der Waals surface area contributed by atoms with Gasteiger partial charge in [0, 0.05) is 18.7 Å². The fourth-order valence-electron chi connectivity index (χ4n) is 3.68. The molecule has 2 aliphatic rings. The van der Waals surface area contributed by atoms with Crippen molar-refractivity contribution in [1.82, 2.24) is 0 Å². The van der Waals surface area contributed by atoms with Crippen molar-refractivity contribution >= 4 is 23.2 Å². The Kier molecular flexibility index (Phi) is 4.37. The number of amides is 2. The normalized spacial score (nSPS) is 18.1. The second-order valence-corrected chi connectivity index (χ2v) is 6.85. The maximum absolute atomic E-state index is 12.5. The van der Waals surface area contributed by atoms with E-state index in [4.69, 9.17) is 4.74 Å². The van der Waals surface area contributed by atoms with Crippen LogP contribution in [0.1, 0.15) is 30.9 Å². The molecule has 1 aliphatic heterocycles.